The Kier molecular flexibility index (Phi) is 5.68. The van der Waals surface area contributed by atoms with Gasteiger partial charge in [0.25, 0.3) is 11.8 Å². The zero-order chi connectivity index (χ0) is 24.0. The van der Waals surface area contributed by atoms with Crippen LogP contribution in [0.5, 0.6) is 0 Å². The van der Waals surface area contributed by atoms with E-state index in [0.29, 0.717) is 41.2 Å². The molecule has 2 amide bonds. The smallest absolute Gasteiger partial charge is 0.264 e. The summed E-state index contributed by atoms with van der Waals surface area (Å²) in [7, 11) is 1.76. The SMILES string of the molecule is CN1Cc2ccc(-c3sc(C(=O)N4CCCC(N)C4)cc3-c3ccc(C#N)c(F)c3)cc2C1=O. The van der Waals surface area contributed by atoms with E-state index in [0.717, 1.165) is 28.8 Å². The fourth-order valence-electron chi connectivity index (χ4n) is 4.64. The number of nitrogens with two attached hydrogens (primary N) is 1. The molecule has 2 aliphatic rings. The molecule has 1 saturated heterocycles. The summed E-state index contributed by atoms with van der Waals surface area (Å²) in [6.07, 6.45) is 1.76. The Bertz CT molecular complexity index is 1360. The van der Waals surface area contributed by atoms with Gasteiger partial charge in [0.1, 0.15) is 11.9 Å². The topological polar surface area (TPSA) is 90.4 Å². The Morgan fingerprint density at radius 1 is 1.18 bits per heavy atom. The van der Waals surface area contributed by atoms with Crippen molar-refractivity contribution >= 4 is 23.2 Å². The maximum Gasteiger partial charge on any atom is 0.264 e. The van der Waals surface area contributed by atoms with Crippen molar-refractivity contribution in [3.63, 3.8) is 0 Å². The van der Waals surface area contributed by atoms with Crippen LogP contribution < -0.4 is 5.73 Å². The van der Waals surface area contributed by atoms with Gasteiger partial charge in [-0.1, -0.05) is 18.2 Å². The number of benzene rings is 2. The number of carbonyl (C=O) groups is 2. The molecule has 0 radical (unpaired) electrons. The number of likely N-dealkylation sites (tertiary alicyclic amines) is 1. The van der Waals surface area contributed by atoms with Gasteiger partial charge in [0, 0.05) is 48.7 Å². The van der Waals surface area contributed by atoms with E-state index in [1.165, 1.54) is 23.5 Å². The first-order valence-electron chi connectivity index (χ1n) is 11.1. The van der Waals surface area contributed by atoms with Crippen LogP contribution >= 0.6 is 11.3 Å². The molecule has 1 unspecified atom stereocenters. The number of fused-ring (bicyclic) bond motifs is 1. The molecule has 0 bridgehead atoms. The highest BCUT2D eigenvalue weighted by atomic mass is 32.1. The molecule has 3 heterocycles. The molecule has 1 atom stereocenters. The van der Waals surface area contributed by atoms with Crippen LogP contribution in [0.4, 0.5) is 4.39 Å². The lowest BCUT2D eigenvalue weighted by Crippen LogP contribution is -2.45. The van der Waals surface area contributed by atoms with E-state index in [1.807, 2.05) is 24.3 Å². The lowest BCUT2D eigenvalue weighted by molar-refractivity contribution is 0.0713. The van der Waals surface area contributed by atoms with Crippen molar-refractivity contribution in [2.24, 2.45) is 5.73 Å². The molecule has 172 valence electrons. The predicted octanol–water partition coefficient (Wildman–Crippen LogP) is 4.24. The summed E-state index contributed by atoms with van der Waals surface area (Å²) in [5.74, 6) is -0.755. The van der Waals surface area contributed by atoms with Gasteiger partial charge in [-0.25, -0.2) is 4.39 Å². The number of nitrogens with zero attached hydrogens (tertiary/aromatic N) is 3. The van der Waals surface area contributed by atoms with Crippen molar-refractivity contribution in [3.8, 4) is 27.6 Å². The number of hydrogen-bond donors (Lipinski definition) is 1. The van der Waals surface area contributed by atoms with Gasteiger partial charge in [-0.05, 0) is 53.8 Å². The number of rotatable bonds is 3. The van der Waals surface area contributed by atoms with E-state index in [2.05, 4.69) is 0 Å². The molecule has 1 aromatic heterocycles. The van der Waals surface area contributed by atoms with E-state index in [1.54, 1.807) is 29.0 Å². The molecule has 0 spiro atoms. The van der Waals surface area contributed by atoms with Gasteiger partial charge in [-0.15, -0.1) is 11.3 Å². The summed E-state index contributed by atoms with van der Waals surface area (Å²) in [6.45, 7) is 1.72. The Balaban J connectivity index is 1.62. The van der Waals surface area contributed by atoms with E-state index in [4.69, 9.17) is 11.0 Å². The quantitative estimate of drug-likeness (QED) is 0.615. The predicted molar refractivity (Wildman–Crippen MR) is 129 cm³/mol. The minimum atomic E-state index is -0.613. The van der Waals surface area contributed by atoms with Gasteiger partial charge in [-0.2, -0.15) is 5.26 Å². The third kappa shape index (κ3) is 3.87. The summed E-state index contributed by atoms with van der Waals surface area (Å²) in [5, 5.41) is 9.11. The van der Waals surface area contributed by atoms with Crippen LogP contribution in [0.25, 0.3) is 21.6 Å². The lowest BCUT2D eigenvalue weighted by Gasteiger charge is -2.30. The van der Waals surface area contributed by atoms with Crippen molar-refractivity contribution in [2.45, 2.75) is 25.4 Å². The van der Waals surface area contributed by atoms with Gasteiger partial charge in [0.05, 0.1) is 10.4 Å². The Morgan fingerprint density at radius 3 is 2.71 bits per heavy atom. The van der Waals surface area contributed by atoms with E-state index in [-0.39, 0.29) is 23.4 Å². The van der Waals surface area contributed by atoms with Gasteiger partial charge in [0.2, 0.25) is 0 Å². The summed E-state index contributed by atoms with van der Waals surface area (Å²) in [5.41, 5.74) is 9.70. The van der Waals surface area contributed by atoms with E-state index < -0.39 is 5.82 Å². The highest BCUT2D eigenvalue weighted by molar-refractivity contribution is 7.18. The average Bonchev–Trinajstić information content (AvgIpc) is 3.40. The Labute approximate surface area is 201 Å². The molecule has 2 aliphatic heterocycles. The Hall–Kier alpha value is -3.54. The first kappa shape index (κ1) is 22.3. The third-order valence-electron chi connectivity index (χ3n) is 6.45. The fraction of sp³-hybridized carbons (Fsp3) is 0.269. The second-order valence-corrected chi connectivity index (χ2v) is 9.90. The number of halogens is 1. The molecule has 0 aliphatic carbocycles. The molecule has 3 aromatic rings. The zero-order valence-corrected chi connectivity index (χ0v) is 19.5. The summed E-state index contributed by atoms with van der Waals surface area (Å²) < 4.78 is 14.5. The van der Waals surface area contributed by atoms with Crippen LogP contribution in [-0.4, -0.2) is 47.8 Å². The van der Waals surface area contributed by atoms with Gasteiger partial charge >= 0.3 is 0 Å². The van der Waals surface area contributed by atoms with Crippen molar-refractivity contribution in [3.05, 3.63) is 69.8 Å². The molecule has 1 fully saturated rings. The molecule has 2 N–H and O–H groups in total. The van der Waals surface area contributed by atoms with Crippen molar-refractivity contribution in [1.82, 2.24) is 9.80 Å². The van der Waals surface area contributed by atoms with Crippen LogP contribution in [0.1, 0.15) is 44.0 Å². The average molecular weight is 475 g/mol. The molecule has 34 heavy (non-hydrogen) atoms. The Morgan fingerprint density at radius 2 is 1.97 bits per heavy atom. The normalized spacial score (nSPS) is 17.6. The van der Waals surface area contributed by atoms with Crippen LogP contribution in [-0.2, 0) is 6.54 Å². The first-order valence-corrected chi connectivity index (χ1v) is 11.9. The summed E-state index contributed by atoms with van der Waals surface area (Å²) in [4.78, 5) is 30.6. The largest absolute Gasteiger partial charge is 0.337 e. The van der Waals surface area contributed by atoms with Gasteiger partial charge in [-0.3, -0.25) is 9.59 Å². The maximum absolute atomic E-state index is 14.5. The van der Waals surface area contributed by atoms with Crippen molar-refractivity contribution in [1.29, 1.82) is 5.26 Å². The van der Waals surface area contributed by atoms with E-state index >= 15 is 0 Å². The number of thiophene rings is 1. The number of nitriles is 1. The molecular formula is C26H23FN4O2S. The molecule has 2 aromatic carbocycles. The number of amides is 2. The molecule has 8 heteroatoms. The highest BCUT2D eigenvalue weighted by Gasteiger charge is 2.28. The second kappa shape index (κ2) is 8.67. The van der Waals surface area contributed by atoms with Crippen molar-refractivity contribution in [2.75, 3.05) is 20.1 Å². The van der Waals surface area contributed by atoms with Crippen LogP contribution in [0.15, 0.2) is 42.5 Å². The molecule has 0 saturated carbocycles. The monoisotopic (exact) mass is 474 g/mol. The number of hydrogen-bond acceptors (Lipinski definition) is 5. The van der Waals surface area contributed by atoms with Crippen LogP contribution in [0.2, 0.25) is 0 Å². The van der Waals surface area contributed by atoms with E-state index in [9.17, 15) is 14.0 Å². The van der Waals surface area contributed by atoms with Gasteiger partial charge in [0.15, 0.2) is 0 Å². The number of piperidine rings is 1. The summed E-state index contributed by atoms with van der Waals surface area (Å²) >= 11 is 1.33. The fourth-order valence-corrected chi connectivity index (χ4v) is 5.78. The number of carbonyl (C=O) groups excluding carboxylic acids is 2. The minimum absolute atomic E-state index is 0.0368. The van der Waals surface area contributed by atoms with Crippen molar-refractivity contribution < 1.29 is 14.0 Å². The maximum atomic E-state index is 14.5. The second-order valence-electron chi connectivity index (χ2n) is 8.85. The minimum Gasteiger partial charge on any atom is -0.337 e. The van der Waals surface area contributed by atoms with Crippen LogP contribution in [0.3, 0.4) is 0 Å². The molecular weight excluding hydrogens is 451 g/mol. The third-order valence-corrected chi connectivity index (χ3v) is 7.62. The zero-order valence-electron chi connectivity index (χ0n) is 18.7. The standard InChI is InChI=1S/C26H23FN4O2S/c1-30-13-18-7-5-16(9-21(18)25(30)32)24-20(15-4-6-17(12-28)22(27)10-15)11-23(34-24)26(33)31-8-2-3-19(29)14-31/h4-7,9-11,19H,2-3,8,13-14,29H2,1H3. The molecule has 5 rings (SSSR count). The lowest BCUT2D eigenvalue weighted by atomic mass is 9.98. The first-order chi connectivity index (χ1) is 16.4. The highest BCUT2D eigenvalue weighted by Crippen LogP contribution is 2.41. The summed E-state index contributed by atoms with van der Waals surface area (Å²) in [6, 6.07) is 13.7. The van der Waals surface area contributed by atoms with Crippen LogP contribution in [0, 0.1) is 17.1 Å². The molecule has 6 nitrogen and oxygen atoms in total. The van der Waals surface area contributed by atoms with Gasteiger partial charge < -0.3 is 15.5 Å².